The van der Waals surface area contributed by atoms with E-state index in [1.54, 1.807) is 0 Å². The molecule has 2 rings (SSSR count). The summed E-state index contributed by atoms with van der Waals surface area (Å²) in [5, 5.41) is 2.96. The minimum absolute atomic E-state index is 0.0603. The first-order chi connectivity index (χ1) is 10.5. The monoisotopic (exact) mass is 368 g/mol. The maximum Gasteiger partial charge on any atom is 0.257 e. The fourth-order valence-corrected chi connectivity index (χ4v) is 3.01. The topological polar surface area (TPSA) is 41.6 Å². The highest BCUT2D eigenvalue weighted by atomic mass is 79.9. The number of hydrogen-bond donors (Lipinski definition) is 1. The van der Waals surface area contributed by atoms with Gasteiger partial charge in [0.05, 0.1) is 0 Å². The van der Waals surface area contributed by atoms with E-state index in [2.05, 4.69) is 40.0 Å². The molecule has 0 aliphatic carbocycles. The van der Waals surface area contributed by atoms with Crippen molar-refractivity contribution in [3.63, 3.8) is 0 Å². The van der Waals surface area contributed by atoms with Crippen molar-refractivity contribution in [2.75, 3.05) is 26.2 Å². The third kappa shape index (κ3) is 5.61. The fraction of sp³-hybridized carbons (Fsp3) is 0.588. The van der Waals surface area contributed by atoms with Crippen LogP contribution in [0.4, 0.5) is 0 Å². The molecule has 1 saturated heterocycles. The molecule has 5 heteroatoms. The van der Waals surface area contributed by atoms with E-state index in [0.717, 1.165) is 23.5 Å². The molecule has 1 fully saturated rings. The molecule has 0 bridgehead atoms. The molecule has 1 aliphatic rings. The Morgan fingerprint density at radius 2 is 2.18 bits per heavy atom. The average molecular weight is 369 g/mol. The first-order valence-corrected chi connectivity index (χ1v) is 8.73. The summed E-state index contributed by atoms with van der Waals surface area (Å²) in [6.45, 7) is 7.47. The summed E-state index contributed by atoms with van der Waals surface area (Å²) in [6.07, 6.45) is 2.57. The van der Waals surface area contributed by atoms with Crippen LogP contribution in [0.25, 0.3) is 0 Å². The molecule has 0 unspecified atom stereocenters. The highest BCUT2D eigenvalue weighted by Crippen LogP contribution is 2.17. The van der Waals surface area contributed by atoms with Crippen LogP contribution in [0.3, 0.4) is 0 Å². The van der Waals surface area contributed by atoms with E-state index in [1.165, 1.54) is 12.8 Å². The zero-order valence-corrected chi connectivity index (χ0v) is 14.9. The Kier molecular flexibility index (Phi) is 6.70. The van der Waals surface area contributed by atoms with Gasteiger partial charge < -0.3 is 10.1 Å². The summed E-state index contributed by atoms with van der Waals surface area (Å²) < 4.78 is 6.47. The molecule has 1 amide bonds. The van der Waals surface area contributed by atoms with Crippen LogP contribution in [0.1, 0.15) is 26.7 Å². The minimum Gasteiger partial charge on any atom is -0.484 e. The molecule has 0 radical (unpaired) electrons. The van der Waals surface area contributed by atoms with Gasteiger partial charge in [-0.05, 0) is 56.5 Å². The number of carbonyl (C=O) groups excluding carboxylic acids is 1. The van der Waals surface area contributed by atoms with Gasteiger partial charge in [0.15, 0.2) is 6.61 Å². The van der Waals surface area contributed by atoms with Crippen LogP contribution < -0.4 is 10.1 Å². The molecule has 122 valence electrons. The van der Waals surface area contributed by atoms with Gasteiger partial charge in [-0.25, -0.2) is 0 Å². The number of amides is 1. The van der Waals surface area contributed by atoms with Gasteiger partial charge in [0, 0.05) is 23.6 Å². The van der Waals surface area contributed by atoms with Gasteiger partial charge in [-0.3, -0.25) is 9.69 Å². The first kappa shape index (κ1) is 17.3. The van der Waals surface area contributed by atoms with Crippen molar-refractivity contribution >= 4 is 21.8 Å². The maximum absolute atomic E-state index is 11.9. The molecule has 1 N–H and O–H groups in total. The summed E-state index contributed by atoms with van der Waals surface area (Å²) in [7, 11) is 0. The Morgan fingerprint density at radius 3 is 2.86 bits per heavy atom. The predicted octanol–water partition coefficient (Wildman–Crippen LogP) is 3.06. The largest absolute Gasteiger partial charge is 0.484 e. The quantitative estimate of drug-likeness (QED) is 0.838. The standard InChI is InChI=1S/C17H25BrN2O2/c1-13-4-3-9-20(11-13)14(2)10-19-17(21)12-22-16-7-5-15(18)6-8-16/h5-8,13-14H,3-4,9-12H2,1-2H3,(H,19,21)/t13-,14+/m1/s1. The van der Waals surface area contributed by atoms with Gasteiger partial charge in [-0.15, -0.1) is 0 Å². The summed E-state index contributed by atoms with van der Waals surface area (Å²) >= 11 is 3.37. The van der Waals surface area contributed by atoms with E-state index in [9.17, 15) is 4.79 Å². The highest BCUT2D eigenvalue weighted by Gasteiger charge is 2.21. The first-order valence-electron chi connectivity index (χ1n) is 7.93. The number of rotatable bonds is 6. The molecular weight excluding hydrogens is 344 g/mol. The molecule has 2 atom stereocenters. The third-order valence-electron chi connectivity index (χ3n) is 4.09. The van der Waals surface area contributed by atoms with Gasteiger partial charge in [0.1, 0.15) is 5.75 Å². The van der Waals surface area contributed by atoms with E-state index in [4.69, 9.17) is 4.74 Å². The van der Waals surface area contributed by atoms with Crippen LogP contribution in [-0.2, 0) is 4.79 Å². The molecule has 4 nitrogen and oxygen atoms in total. The van der Waals surface area contributed by atoms with Crippen LogP contribution in [0.2, 0.25) is 0 Å². The van der Waals surface area contributed by atoms with Crippen molar-refractivity contribution in [1.82, 2.24) is 10.2 Å². The van der Waals surface area contributed by atoms with E-state index in [-0.39, 0.29) is 12.5 Å². The van der Waals surface area contributed by atoms with Crippen LogP contribution in [-0.4, -0.2) is 43.1 Å². The van der Waals surface area contributed by atoms with Gasteiger partial charge >= 0.3 is 0 Å². The molecular formula is C17H25BrN2O2. The number of carbonyl (C=O) groups is 1. The van der Waals surface area contributed by atoms with Gasteiger partial charge in [0.25, 0.3) is 5.91 Å². The minimum atomic E-state index is -0.0696. The fourth-order valence-electron chi connectivity index (χ4n) is 2.75. The van der Waals surface area contributed by atoms with E-state index in [0.29, 0.717) is 18.3 Å². The second kappa shape index (κ2) is 8.53. The number of nitrogens with zero attached hydrogens (tertiary/aromatic N) is 1. The Hall–Kier alpha value is -1.07. The molecule has 22 heavy (non-hydrogen) atoms. The number of piperidine rings is 1. The predicted molar refractivity (Wildman–Crippen MR) is 92.1 cm³/mol. The lowest BCUT2D eigenvalue weighted by Crippen LogP contribution is -2.46. The van der Waals surface area contributed by atoms with Crippen LogP contribution in [0.15, 0.2) is 28.7 Å². The Balaban J connectivity index is 1.67. The summed E-state index contributed by atoms with van der Waals surface area (Å²) in [5.74, 6) is 1.39. The second-order valence-electron chi connectivity index (χ2n) is 6.14. The summed E-state index contributed by atoms with van der Waals surface area (Å²) in [4.78, 5) is 14.3. The van der Waals surface area contributed by atoms with Crippen molar-refractivity contribution in [3.8, 4) is 5.75 Å². The zero-order chi connectivity index (χ0) is 15.9. The zero-order valence-electron chi connectivity index (χ0n) is 13.3. The molecule has 1 aromatic rings. The van der Waals surface area contributed by atoms with Crippen LogP contribution in [0.5, 0.6) is 5.75 Å². The number of hydrogen-bond acceptors (Lipinski definition) is 3. The summed E-state index contributed by atoms with van der Waals surface area (Å²) in [6, 6.07) is 7.85. The van der Waals surface area contributed by atoms with Crippen molar-refractivity contribution in [2.45, 2.75) is 32.7 Å². The van der Waals surface area contributed by atoms with Crippen molar-refractivity contribution in [2.24, 2.45) is 5.92 Å². The molecule has 1 aromatic carbocycles. The van der Waals surface area contributed by atoms with Crippen LogP contribution >= 0.6 is 15.9 Å². The molecule has 0 spiro atoms. The molecule has 1 heterocycles. The van der Waals surface area contributed by atoms with Crippen LogP contribution in [0, 0.1) is 5.92 Å². The lowest BCUT2D eigenvalue weighted by atomic mass is 9.99. The third-order valence-corrected chi connectivity index (χ3v) is 4.62. The smallest absolute Gasteiger partial charge is 0.257 e. The van der Waals surface area contributed by atoms with E-state index >= 15 is 0 Å². The van der Waals surface area contributed by atoms with E-state index < -0.39 is 0 Å². The number of likely N-dealkylation sites (tertiary alicyclic amines) is 1. The second-order valence-corrected chi connectivity index (χ2v) is 7.05. The van der Waals surface area contributed by atoms with Gasteiger partial charge in [-0.2, -0.15) is 0 Å². The van der Waals surface area contributed by atoms with Gasteiger partial charge in [0.2, 0.25) is 0 Å². The Labute approximate surface area is 141 Å². The Morgan fingerprint density at radius 1 is 1.45 bits per heavy atom. The van der Waals surface area contributed by atoms with E-state index in [1.807, 2.05) is 24.3 Å². The van der Waals surface area contributed by atoms with Crippen molar-refractivity contribution < 1.29 is 9.53 Å². The lowest BCUT2D eigenvalue weighted by Gasteiger charge is -2.35. The molecule has 0 saturated carbocycles. The normalized spacial score (nSPS) is 20.4. The number of halogens is 1. The lowest BCUT2D eigenvalue weighted by molar-refractivity contribution is -0.123. The maximum atomic E-state index is 11.9. The van der Waals surface area contributed by atoms with Crippen molar-refractivity contribution in [3.05, 3.63) is 28.7 Å². The van der Waals surface area contributed by atoms with Crippen molar-refractivity contribution in [1.29, 1.82) is 0 Å². The number of benzene rings is 1. The Bertz CT molecular complexity index is 478. The number of ether oxygens (including phenoxy) is 1. The SMILES string of the molecule is C[C@@H]1CCCN([C@@H](C)CNC(=O)COc2ccc(Br)cc2)C1. The van der Waals surface area contributed by atoms with Gasteiger partial charge in [-0.1, -0.05) is 22.9 Å². The average Bonchev–Trinajstić information content (AvgIpc) is 2.52. The molecule has 1 aliphatic heterocycles. The highest BCUT2D eigenvalue weighted by molar-refractivity contribution is 9.10. The molecule has 0 aromatic heterocycles. The summed E-state index contributed by atoms with van der Waals surface area (Å²) in [5.41, 5.74) is 0. The number of nitrogens with one attached hydrogen (secondary N) is 1.